The van der Waals surface area contributed by atoms with Gasteiger partial charge in [0.15, 0.2) is 0 Å². The molecule has 0 aromatic heterocycles. The number of aliphatic hydroxyl groups is 1. The van der Waals surface area contributed by atoms with E-state index in [4.69, 9.17) is 5.11 Å². The molecule has 0 spiro atoms. The van der Waals surface area contributed by atoms with Crippen molar-refractivity contribution in [3.05, 3.63) is 0 Å². The molecule has 1 N–H and O–H groups in total. The van der Waals surface area contributed by atoms with Crippen LogP contribution in [0.25, 0.3) is 0 Å². The number of rotatable bonds is 3. The first-order chi connectivity index (χ1) is 5.40. The Morgan fingerprint density at radius 3 is 2.73 bits per heavy atom. The first-order valence-corrected chi connectivity index (χ1v) is 4.75. The number of nitrogens with zero attached hydrogens (tertiary/aromatic N) is 1. The second-order valence-electron chi connectivity index (χ2n) is 3.92. The second-order valence-corrected chi connectivity index (χ2v) is 3.92. The number of hydrogen-bond acceptors (Lipinski definition) is 2. The van der Waals surface area contributed by atoms with Crippen molar-refractivity contribution in [1.29, 1.82) is 0 Å². The summed E-state index contributed by atoms with van der Waals surface area (Å²) in [6, 6.07) is 0.496. The maximum Gasteiger partial charge on any atom is 0.0586 e. The highest BCUT2D eigenvalue weighted by Gasteiger charge is 2.30. The number of hydrogen-bond donors (Lipinski definition) is 1. The zero-order valence-electron chi connectivity index (χ0n) is 7.00. The number of likely N-dealkylation sites (tertiary alicyclic amines) is 1. The summed E-state index contributed by atoms with van der Waals surface area (Å²) in [6.45, 7) is 2.85. The van der Waals surface area contributed by atoms with Crippen LogP contribution >= 0.6 is 0 Å². The van der Waals surface area contributed by atoms with Crippen LogP contribution in [0.2, 0.25) is 0 Å². The summed E-state index contributed by atoms with van der Waals surface area (Å²) in [5.41, 5.74) is 0. The van der Waals surface area contributed by atoms with Crippen LogP contribution in [0.1, 0.15) is 25.7 Å². The summed E-state index contributed by atoms with van der Waals surface area (Å²) in [5, 5.41) is 9.03. The molecule has 1 unspecified atom stereocenters. The third-order valence-electron chi connectivity index (χ3n) is 2.90. The summed E-state index contributed by atoms with van der Waals surface area (Å²) in [7, 11) is 0. The lowest BCUT2D eigenvalue weighted by molar-refractivity contribution is 0.154. The molecule has 0 aromatic rings. The molecule has 11 heavy (non-hydrogen) atoms. The number of aliphatic hydroxyl groups excluding tert-OH is 1. The van der Waals surface area contributed by atoms with Crippen LogP contribution < -0.4 is 0 Å². The van der Waals surface area contributed by atoms with Gasteiger partial charge in [0.05, 0.1) is 6.61 Å². The van der Waals surface area contributed by atoms with Gasteiger partial charge in [0.1, 0.15) is 0 Å². The van der Waals surface area contributed by atoms with Gasteiger partial charge in [0.2, 0.25) is 0 Å². The van der Waals surface area contributed by atoms with Crippen molar-refractivity contribution in [3.63, 3.8) is 0 Å². The lowest BCUT2D eigenvalue weighted by Crippen LogP contribution is -2.33. The topological polar surface area (TPSA) is 23.5 Å². The van der Waals surface area contributed by atoms with Crippen LogP contribution in [0.15, 0.2) is 0 Å². The Bertz CT molecular complexity index is 134. The molecule has 0 radical (unpaired) electrons. The fourth-order valence-corrected chi connectivity index (χ4v) is 1.97. The predicted molar refractivity (Wildman–Crippen MR) is 44.4 cm³/mol. The molecule has 1 saturated carbocycles. The van der Waals surface area contributed by atoms with E-state index in [9.17, 15) is 0 Å². The molecule has 1 aliphatic carbocycles. The van der Waals surface area contributed by atoms with Crippen LogP contribution in [-0.2, 0) is 0 Å². The highest BCUT2D eigenvalue weighted by atomic mass is 16.3. The van der Waals surface area contributed by atoms with Crippen LogP contribution in [-0.4, -0.2) is 35.7 Å². The molecular weight excluding hydrogens is 138 g/mol. The molecule has 1 saturated heterocycles. The molecule has 0 amide bonds. The molecule has 2 fully saturated rings. The van der Waals surface area contributed by atoms with Gasteiger partial charge in [-0.25, -0.2) is 0 Å². The van der Waals surface area contributed by atoms with Gasteiger partial charge < -0.3 is 5.11 Å². The minimum absolute atomic E-state index is 0.368. The van der Waals surface area contributed by atoms with Gasteiger partial charge in [-0.3, -0.25) is 4.90 Å². The fraction of sp³-hybridized carbons (Fsp3) is 1.00. The Hall–Kier alpha value is -0.0800. The maximum atomic E-state index is 9.03. The maximum absolute atomic E-state index is 9.03. The third-order valence-corrected chi connectivity index (χ3v) is 2.90. The van der Waals surface area contributed by atoms with Crippen LogP contribution in [0.5, 0.6) is 0 Å². The van der Waals surface area contributed by atoms with Crippen molar-refractivity contribution in [2.24, 2.45) is 5.92 Å². The van der Waals surface area contributed by atoms with Crippen LogP contribution in [0.4, 0.5) is 0 Å². The molecule has 2 nitrogen and oxygen atoms in total. The summed E-state index contributed by atoms with van der Waals surface area (Å²) < 4.78 is 0. The molecule has 1 heterocycles. The third kappa shape index (κ3) is 1.74. The van der Waals surface area contributed by atoms with E-state index >= 15 is 0 Å². The van der Waals surface area contributed by atoms with Crippen molar-refractivity contribution in [2.45, 2.75) is 31.7 Å². The minimum Gasteiger partial charge on any atom is -0.395 e. The summed E-state index contributed by atoms with van der Waals surface area (Å²) in [6.07, 6.45) is 5.35. The van der Waals surface area contributed by atoms with E-state index in [1.54, 1.807) is 0 Å². The average molecular weight is 155 g/mol. The highest BCUT2D eigenvalue weighted by Crippen LogP contribution is 2.32. The zero-order valence-corrected chi connectivity index (χ0v) is 7.00. The van der Waals surface area contributed by atoms with Crippen molar-refractivity contribution in [1.82, 2.24) is 4.90 Å². The monoisotopic (exact) mass is 155 g/mol. The Kier molecular flexibility index (Phi) is 2.14. The Balaban J connectivity index is 1.79. The van der Waals surface area contributed by atoms with Gasteiger partial charge >= 0.3 is 0 Å². The highest BCUT2D eigenvalue weighted by molar-refractivity contribution is 4.84. The molecule has 0 bridgehead atoms. The smallest absolute Gasteiger partial charge is 0.0586 e. The van der Waals surface area contributed by atoms with Crippen molar-refractivity contribution >= 4 is 0 Å². The van der Waals surface area contributed by atoms with E-state index in [-0.39, 0.29) is 0 Å². The predicted octanol–water partition coefficient (Wildman–Crippen LogP) is 0.853. The quantitative estimate of drug-likeness (QED) is 0.653. The molecule has 1 atom stereocenters. The summed E-state index contributed by atoms with van der Waals surface area (Å²) in [4.78, 5) is 2.47. The largest absolute Gasteiger partial charge is 0.395 e. The molecule has 64 valence electrons. The van der Waals surface area contributed by atoms with E-state index in [2.05, 4.69) is 4.90 Å². The first kappa shape index (κ1) is 7.56. The summed E-state index contributed by atoms with van der Waals surface area (Å²) in [5.74, 6) is 0.974. The second kappa shape index (κ2) is 3.11. The standard InChI is InChI=1S/C9H17NO/c11-7-9-2-1-5-10(9)6-8-3-4-8/h8-9,11H,1-7H2. The van der Waals surface area contributed by atoms with E-state index in [1.807, 2.05) is 0 Å². The van der Waals surface area contributed by atoms with E-state index in [1.165, 1.54) is 38.8 Å². The Labute approximate surface area is 68.2 Å². The van der Waals surface area contributed by atoms with Gasteiger partial charge in [0, 0.05) is 12.6 Å². The summed E-state index contributed by atoms with van der Waals surface area (Å²) >= 11 is 0. The SMILES string of the molecule is OCC1CCCN1CC1CC1. The van der Waals surface area contributed by atoms with Gasteiger partial charge in [-0.2, -0.15) is 0 Å². The Morgan fingerprint density at radius 1 is 1.27 bits per heavy atom. The molecule has 2 rings (SSSR count). The van der Waals surface area contributed by atoms with Gasteiger partial charge in [-0.15, -0.1) is 0 Å². The fourth-order valence-electron chi connectivity index (χ4n) is 1.97. The lowest BCUT2D eigenvalue weighted by atomic mass is 10.2. The molecule has 0 aromatic carbocycles. The lowest BCUT2D eigenvalue weighted by Gasteiger charge is -2.21. The van der Waals surface area contributed by atoms with Crippen LogP contribution in [0, 0.1) is 5.92 Å². The van der Waals surface area contributed by atoms with Gasteiger partial charge in [-0.1, -0.05) is 0 Å². The Morgan fingerprint density at radius 2 is 2.09 bits per heavy atom. The van der Waals surface area contributed by atoms with Crippen molar-refractivity contribution < 1.29 is 5.11 Å². The first-order valence-electron chi connectivity index (χ1n) is 4.75. The van der Waals surface area contributed by atoms with Crippen molar-refractivity contribution in [2.75, 3.05) is 19.7 Å². The molecule has 2 heteroatoms. The van der Waals surface area contributed by atoms with Crippen LogP contribution in [0.3, 0.4) is 0 Å². The minimum atomic E-state index is 0.368. The van der Waals surface area contributed by atoms with E-state index in [0.717, 1.165) is 5.92 Å². The zero-order chi connectivity index (χ0) is 7.68. The molecule has 1 aliphatic heterocycles. The van der Waals surface area contributed by atoms with E-state index < -0.39 is 0 Å². The van der Waals surface area contributed by atoms with Crippen molar-refractivity contribution in [3.8, 4) is 0 Å². The van der Waals surface area contributed by atoms with E-state index in [0.29, 0.717) is 12.6 Å². The van der Waals surface area contributed by atoms with Gasteiger partial charge in [0.25, 0.3) is 0 Å². The van der Waals surface area contributed by atoms with Gasteiger partial charge in [-0.05, 0) is 38.1 Å². The molecule has 2 aliphatic rings. The normalized spacial score (nSPS) is 33.0. The molecular formula is C9H17NO. The average Bonchev–Trinajstić information content (AvgIpc) is 2.68.